The Bertz CT molecular complexity index is 422. The summed E-state index contributed by atoms with van der Waals surface area (Å²) in [6.45, 7) is 5.05. The van der Waals surface area contributed by atoms with E-state index in [4.69, 9.17) is 10.5 Å². The van der Waals surface area contributed by atoms with Crippen molar-refractivity contribution in [2.75, 3.05) is 13.2 Å². The van der Waals surface area contributed by atoms with Crippen LogP contribution in [-0.2, 0) is 4.79 Å². The van der Waals surface area contributed by atoms with Crippen molar-refractivity contribution in [2.45, 2.75) is 38.6 Å². The lowest BCUT2D eigenvalue weighted by Gasteiger charge is -2.27. The van der Waals surface area contributed by atoms with Gasteiger partial charge in [-0.15, -0.1) is 0 Å². The van der Waals surface area contributed by atoms with E-state index >= 15 is 0 Å². The lowest BCUT2D eigenvalue weighted by Crippen LogP contribution is -2.53. The zero-order chi connectivity index (χ0) is 15.0. The standard InChI is InChI=1S/C15H23FN2O2/c1-3-10-18-15(2,14(17)19)9-4-11-20-13-7-5-12(16)6-8-13/h5-8,18H,3-4,9-11H2,1-2H3,(H2,17,19). The summed E-state index contributed by atoms with van der Waals surface area (Å²) in [6, 6.07) is 5.87. The van der Waals surface area contributed by atoms with Gasteiger partial charge in [0.1, 0.15) is 11.6 Å². The van der Waals surface area contributed by atoms with Crippen LogP contribution in [0, 0.1) is 5.82 Å². The number of rotatable bonds is 9. The lowest BCUT2D eigenvalue weighted by atomic mass is 9.95. The number of amides is 1. The molecule has 0 aliphatic rings. The first-order valence-corrected chi connectivity index (χ1v) is 6.91. The SMILES string of the molecule is CCCNC(C)(CCCOc1ccc(F)cc1)C(N)=O. The molecule has 1 rings (SSSR count). The molecule has 0 aromatic heterocycles. The first-order chi connectivity index (χ1) is 9.48. The number of hydrogen-bond donors (Lipinski definition) is 2. The topological polar surface area (TPSA) is 64.3 Å². The highest BCUT2D eigenvalue weighted by molar-refractivity contribution is 5.84. The summed E-state index contributed by atoms with van der Waals surface area (Å²) in [6.07, 6.45) is 2.23. The molecule has 0 spiro atoms. The smallest absolute Gasteiger partial charge is 0.237 e. The van der Waals surface area contributed by atoms with Gasteiger partial charge in [-0.1, -0.05) is 6.92 Å². The lowest BCUT2D eigenvalue weighted by molar-refractivity contribution is -0.124. The number of hydrogen-bond acceptors (Lipinski definition) is 3. The van der Waals surface area contributed by atoms with Gasteiger partial charge in [0.25, 0.3) is 0 Å². The first-order valence-electron chi connectivity index (χ1n) is 6.91. The maximum Gasteiger partial charge on any atom is 0.237 e. The second kappa shape index (κ2) is 7.85. The van der Waals surface area contributed by atoms with Gasteiger partial charge in [0.15, 0.2) is 0 Å². The van der Waals surface area contributed by atoms with Gasteiger partial charge < -0.3 is 15.8 Å². The number of ether oxygens (including phenoxy) is 1. The van der Waals surface area contributed by atoms with Gasteiger partial charge in [-0.2, -0.15) is 0 Å². The maximum atomic E-state index is 12.7. The van der Waals surface area contributed by atoms with Gasteiger partial charge >= 0.3 is 0 Å². The van der Waals surface area contributed by atoms with Crippen molar-refractivity contribution in [2.24, 2.45) is 5.73 Å². The van der Waals surface area contributed by atoms with Crippen LogP contribution in [0.1, 0.15) is 33.1 Å². The van der Waals surface area contributed by atoms with Crippen LogP contribution in [0.4, 0.5) is 4.39 Å². The molecular formula is C15H23FN2O2. The number of carbonyl (C=O) groups excluding carboxylic acids is 1. The Morgan fingerprint density at radius 2 is 2.05 bits per heavy atom. The summed E-state index contributed by atoms with van der Waals surface area (Å²) in [5.74, 6) is -0.0242. The third-order valence-electron chi connectivity index (χ3n) is 3.21. The molecule has 20 heavy (non-hydrogen) atoms. The molecule has 0 aliphatic heterocycles. The number of nitrogens with two attached hydrogens (primary N) is 1. The van der Waals surface area contributed by atoms with Crippen LogP contribution in [0.3, 0.4) is 0 Å². The number of carbonyl (C=O) groups is 1. The van der Waals surface area contributed by atoms with Crippen LogP contribution in [-0.4, -0.2) is 24.6 Å². The molecule has 0 aliphatic carbocycles. The van der Waals surface area contributed by atoms with Gasteiger partial charge in [0.05, 0.1) is 12.1 Å². The summed E-state index contributed by atoms with van der Waals surface area (Å²) in [5, 5.41) is 3.17. The number of benzene rings is 1. The molecular weight excluding hydrogens is 259 g/mol. The first kappa shape index (κ1) is 16.4. The molecule has 5 heteroatoms. The highest BCUT2D eigenvalue weighted by atomic mass is 19.1. The molecule has 1 unspecified atom stereocenters. The maximum absolute atomic E-state index is 12.7. The molecule has 0 bridgehead atoms. The zero-order valence-electron chi connectivity index (χ0n) is 12.1. The molecule has 0 heterocycles. The fraction of sp³-hybridized carbons (Fsp3) is 0.533. The fourth-order valence-corrected chi connectivity index (χ4v) is 1.85. The zero-order valence-corrected chi connectivity index (χ0v) is 12.1. The molecule has 1 atom stereocenters. The van der Waals surface area contributed by atoms with Crippen molar-refractivity contribution in [3.05, 3.63) is 30.1 Å². The van der Waals surface area contributed by atoms with E-state index in [1.807, 2.05) is 13.8 Å². The normalized spacial score (nSPS) is 13.8. The van der Waals surface area contributed by atoms with E-state index in [1.54, 1.807) is 12.1 Å². The van der Waals surface area contributed by atoms with Crippen molar-refractivity contribution >= 4 is 5.91 Å². The average Bonchev–Trinajstić information content (AvgIpc) is 2.43. The van der Waals surface area contributed by atoms with E-state index in [0.29, 0.717) is 25.2 Å². The van der Waals surface area contributed by atoms with E-state index < -0.39 is 5.54 Å². The van der Waals surface area contributed by atoms with Crippen LogP contribution in [0.2, 0.25) is 0 Å². The third-order valence-corrected chi connectivity index (χ3v) is 3.21. The van der Waals surface area contributed by atoms with E-state index in [2.05, 4.69) is 5.32 Å². The summed E-state index contributed by atoms with van der Waals surface area (Å²) < 4.78 is 18.2. The minimum absolute atomic E-state index is 0.289. The Labute approximate surface area is 119 Å². The predicted molar refractivity (Wildman–Crippen MR) is 77.0 cm³/mol. The minimum atomic E-state index is -0.706. The number of primary amides is 1. The van der Waals surface area contributed by atoms with E-state index in [0.717, 1.165) is 13.0 Å². The molecule has 0 radical (unpaired) electrons. The highest BCUT2D eigenvalue weighted by Crippen LogP contribution is 2.15. The summed E-state index contributed by atoms with van der Waals surface area (Å²) >= 11 is 0. The fourth-order valence-electron chi connectivity index (χ4n) is 1.85. The third kappa shape index (κ3) is 5.17. The number of nitrogens with one attached hydrogen (secondary N) is 1. The van der Waals surface area contributed by atoms with Crippen molar-refractivity contribution in [1.82, 2.24) is 5.32 Å². The molecule has 0 fully saturated rings. The van der Waals surface area contributed by atoms with Crippen LogP contribution >= 0.6 is 0 Å². The van der Waals surface area contributed by atoms with Crippen LogP contribution in [0.15, 0.2) is 24.3 Å². The second-order valence-electron chi connectivity index (χ2n) is 5.03. The Kier molecular flexibility index (Phi) is 6.45. The average molecular weight is 282 g/mol. The molecule has 1 amide bonds. The molecule has 0 saturated carbocycles. The number of halogens is 1. The van der Waals surface area contributed by atoms with Gasteiger partial charge in [0, 0.05) is 0 Å². The summed E-state index contributed by atoms with van der Waals surface area (Å²) in [4.78, 5) is 11.5. The van der Waals surface area contributed by atoms with Crippen LogP contribution in [0.25, 0.3) is 0 Å². The Balaban J connectivity index is 2.37. The predicted octanol–water partition coefficient (Wildman–Crippen LogP) is 2.23. The quantitative estimate of drug-likeness (QED) is 0.683. The summed E-state index contributed by atoms with van der Waals surface area (Å²) in [7, 11) is 0. The summed E-state index contributed by atoms with van der Waals surface area (Å²) in [5.41, 5.74) is 4.73. The van der Waals surface area contributed by atoms with Gasteiger partial charge in [-0.25, -0.2) is 4.39 Å². The highest BCUT2D eigenvalue weighted by Gasteiger charge is 2.29. The Morgan fingerprint density at radius 3 is 2.60 bits per heavy atom. The molecule has 112 valence electrons. The van der Waals surface area contributed by atoms with Crippen molar-refractivity contribution in [3.8, 4) is 5.75 Å². The van der Waals surface area contributed by atoms with Crippen LogP contribution < -0.4 is 15.8 Å². The molecule has 3 N–H and O–H groups in total. The minimum Gasteiger partial charge on any atom is -0.494 e. The van der Waals surface area contributed by atoms with Crippen molar-refractivity contribution in [3.63, 3.8) is 0 Å². The van der Waals surface area contributed by atoms with Gasteiger partial charge in [-0.05, 0) is 57.0 Å². The van der Waals surface area contributed by atoms with Gasteiger partial charge in [0.2, 0.25) is 5.91 Å². The molecule has 1 aromatic rings. The van der Waals surface area contributed by atoms with Crippen LogP contribution in [0.5, 0.6) is 5.75 Å². The van der Waals surface area contributed by atoms with Crippen molar-refractivity contribution < 1.29 is 13.9 Å². The van der Waals surface area contributed by atoms with E-state index in [9.17, 15) is 9.18 Å². The Morgan fingerprint density at radius 1 is 1.40 bits per heavy atom. The second-order valence-corrected chi connectivity index (χ2v) is 5.03. The van der Waals surface area contributed by atoms with Crippen molar-refractivity contribution in [1.29, 1.82) is 0 Å². The van der Waals surface area contributed by atoms with Gasteiger partial charge in [-0.3, -0.25) is 4.79 Å². The monoisotopic (exact) mass is 282 g/mol. The molecule has 4 nitrogen and oxygen atoms in total. The molecule has 1 aromatic carbocycles. The van der Waals surface area contributed by atoms with E-state index in [1.165, 1.54) is 12.1 Å². The largest absolute Gasteiger partial charge is 0.494 e. The van der Waals surface area contributed by atoms with E-state index in [-0.39, 0.29) is 11.7 Å². The molecule has 0 saturated heterocycles. The Hall–Kier alpha value is -1.62.